The number of benzene rings is 3. The molecule has 2 atom stereocenters. The number of hydrogen-bond donors (Lipinski definition) is 2. The number of carbonyl (C=O) groups excluding carboxylic acids is 2. The summed E-state index contributed by atoms with van der Waals surface area (Å²) in [7, 11) is -3.70. The molecule has 0 unspecified atom stereocenters. The third-order valence-corrected chi connectivity index (χ3v) is 8.12. The minimum atomic E-state index is -3.70. The van der Waals surface area contributed by atoms with Crippen LogP contribution in [0.25, 0.3) is 0 Å². The number of ether oxygens (including phenoxy) is 1. The number of nitrogens with one attached hydrogen (secondary N) is 2. The molecule has 1 heterocycles. The zero-order valence-electron chi connectivity index (χ0n) is 22.3. The minimum Gasteiger partial charge on any atom is -0.378 e. The van der Waals surface area contributed by atoms with Crippen LogP contribution in [0.4, 0.5) is 4.79 Å². The summed E-state index contributed by atoms with van der Waals surface area (Å²) in [5.41, 5.74) is 1.97. The van der Waals surface area contributed by atoms with Crippen molar-refractivity contribution in [3.8, 4) is 0 Å². The van der Waals surface area contributed by atoms with Gasteiger partial charge in [0.2, 0.25) is 5.91 Å². The van der Waals surface area contributed by atoms with Gasteiger partial charge in [0.15, 0.2) is 9.84 Å². The minimum absolute atomic E-state index is 0.180. The molecular weight excluding hydrogens is 526 g/mol. The molecule has 210 valence electrons. The van der Waals surface area contributed by atoms with Gasteiger partial charge in [-0.3, -0.25) is 4.79 Å². The summed E-state index contributed by atoms with van der Waals surface area (Å²) in [6.07, 6.45) is 2.92. The molecule has 4 rings (SSSR count). The second-order valence-electron chi connectivity index (χ2n) is 9.62. The van der Waals surface area contributed by atoms with Crippen LogP contribution in [-0.4, -0.2) is 63.6 Å². The third kappa shape index (κ3) is 8.79. The highest BCUT2D eigenvalue weighted by atomic mass is 32.2. The Morgan fingerprint density at radius 2 is 1.40 bits per heavy atom. The lowest BCUT2D eigenvalue weighted by Crippen LogP contribution is -2.55. The maximum absolute atomic E-state index is 13.6. The van der Waals surface area contributed by atoms with Crippen LogP contribution in [0.1, 0.15) is 17.5 Å². The van der Waals surface area contributed by atoms with Gasteiger partial charge in [-0.05, 0) is 36.1 Å². The average Bonchev–Trinajstić information content (AvgIpc) is 3.00. The Kier molecular flexibility index (Phi) is 10.5. The smallest absolute Gasteiger partial charge is 0.318 e. The molecule has 1 saturated heterocycles. The normalized spacial score (nSPS) is 15.3. The van der Waals surface area contributed by atoms with Gasteiger partial charge in [-0.1, -0.05) is 84.9 Å². The predicted molar refractivity (Wildman–Crippen MR) is 154 cm³/mol. The highest BCUT2D eigenvalue weighted by molar-refractivity contribution is 7.94. The van der Waals surface area contributed by atoms with Crippen LogP contribution in [0.3, 0.4) is 0 Å². The van der Waals surface area contributed by atoms with E-state index in [0.29, 0.717) is 45.6 Å². The highest BCUT2D eigenvalue weighted by Gasteiger charge is 2.26. The van der Waals surface area contributed by atoms with E-state index < -0.39 is 21.9 Å². The van der Waals surface area contributed by atoms with Crippen molar-refractivity contribution >= 4 is 21.8 Å². The van der Waals surface area contributed by atoms with Gasteiger partial charge in [0.1, 0.15) is 6.04 Å². The number of nitrogens with zero attached hydrogens (tertiary/aromatic N) is 1. The van der Waals surface area contributed by atoms with Gasteiger partial charge in [-0.25, -0.2) is 13.2 Å². The molecule has 0 aliphatic carbocycles. The van der Waals surface area contributed by atoms with E-state index in [1.807, 2.05) is 60.7 Å². The number of morpholine rings is 1. The van der Waals surface area contributed by atoms with Gasteiger partial charge in [-0.15, -0.1) is 0 Å². The summed E-state index contributed by atoms with van der Waals surface area (Å²) in [4.78, 5) is 28.4. The van der Waals surface area contributed by atoms with E-state index >= 15 is 0 Å². The molecule has 0 bridgehead atoms. The van der Waals surface area contributed by atoms with Gasteiger partial charge in [0, 0.05) is 31.0 Å². The number of rotatable bonds is 11. The topological polar surface area (TPSA) is 105 Å². The highest BCUT2D eigenvalue weighted by Crippen LogP contribution is 2.14. The van der Waals surface area contributed by atoms with Crippen molar-refractivity contribution in [2.45, 2.75) is 36.2 Å². The fourth-order valence-corrected chi connectivity index (χ4v) is 5.51. The maximum Gasteiger partial charge on any atom is 0.318 e. The molecule has 3 aromatic carbocycles. The van der Waals surface area contributed by atoms with Crippen LogP contribution >= 0.6 is 0 Å². The quantitative estimate of drug-likeness (QED) is 0.371. The van der Waals surface area contributed by atoms with Crippen LogP contribution in [0.5, 0.6) is 0 Å². The molecule has 2 N–H and O–H groups in total. The van der Waals surface area contributed by atoms with Gasteiger partial charge in [0.05, 0.1) is 18.1 Å². The van der Waals surface area contributed by atoms with Crippen LogP contribution in [0.2, 0.25) is 0 Å². The first-order valence-corrected chi connectivity index (χ1v) is 14.9. The zero-order valence-corrected chi connectivity index (χ0v) is 23.1. The van der Waals surface area contributed by atoms with Crippen molar-refractivity contribution < 1.29 is 22.7 Å². The summed E-state index contributed by atoms with van der Waals surface area (Å²) in [5.74, 6) is -0.384. The Labute approximate surface area is 236 Å². The fraction of sp³-hybridized carbons (Fsp3) is 0.290. The van der Waals surface area contributed by atoms with E-state index in [1.54, 1.807) is 23.1 Å². The molecule has 3 aromatic rings. The van der Waals surface area contributed by atoms with Gasteiger partial charge in [0.25, 0.3) is 0 Å². The second kappa shape index (κ2) is 14.4. The standard InChI is InChI=1S/C31H35N3O5S/c35-30(29(24-26-12-6-2-7-13-26)33-31(36)34-19-21-39-22-20-34)32-27(17-16-25-10-4-1-5-11-25)18-23-40(37,38)28-14-8-3-9-15-28/h1-15,18,23,27,29H,16-17,19-22,24H2,(H,32,35)(H,33,36)/t27-,29+/m1/s1. The van der Waals surface area contributed by atoms with Crippen LogP contribution in [-0.2, 0) is 32.2 Å². The van der Waals surface area contributed by atoms with Crippen molar-refractivity contribution in [1.29, 1.82) is 0 Å². The number of amides is 3. The molecule has 0 radical (unpaired) electrons. The maximum atomic E-state index is 13.6. The van der Waals surface area contributed by atoms with Crippen LogP contribution < -0.4 is 10.6 Å². The molecule has 1 aliphatic heterocycles. The van der Waals surface area contributed by atoms with Crippen molar-refractivity contribution in [3.63, 3.8) is 0 Å². The molecule has 3 amide bonds. The van der Waals surface area contributed by atoms with E-state index in [1.165, 1.54) is 18.2 Å². The Hall–Kier alpha value is -3.95. The molecular formula is C31H35N3O5S. The fourth-order valence-electron chi connectivity index (χ4n) is 4.42. The number of carbonyl (C=O) groups is 2. The number of sulfone groups is 1. The molecule has 1 fully saturated rings. The Morgan fingerprint density at radius 1 is 0.825 bits per heavy atom. The van der Waals surface area contributed by atoms with Crippen molar-refractivity contribution in [2.75, 3.05) is 26.3 Å². The molecule has 8 nitrogen and oxygen atoms in total. The van der Waals surface area contributed by atoms with Crippen LogP contribution in [0, 0.1) is 0 Å². The van der Waals surface area contributed by atoms with Crippen LogP contribution in [0.15, 0.2) is 107 Å². The summed E-state index contributed by atoms with van der Waals surface area (Å²) in [5, 5.41) is 7.03. The molecule has 0 saturated carbocycles. The molecule has 9 heteroatoms. The van der Waals surface area contributed by atoms with E-state index in [-0.39, 0.29) is 16.8 Å². The van der Waals surface area contributed by atoms with Gasteiger partial charge >= 0.3 is 6.03 Å². The Balaban J connectivity index is 1.53. The van der Waals surface area contributed by atoms with E-state index in [9.17, 15) is 18.0 Å². The summed E-state index contributed by atoms with van der Waals surface area (Å²) < 4.78 is 31.2. The van der Waals surface area contributed by atoms with Gasteiger partial charge < -0.3 is 20.3 Å². The largest absolute Gasteiger partial charge is 0.378 e. The molecule has 0 aromatic heterocycles. The summed E-state index contributed by atoms with van der Waals surface area (Å²) in [6.45, 7) is 1.80. The number of urea groups is 1. The van der Waals surface area contributed by atoms with E-state index in [0.717, 1.165) is 16.5 Å². The lowest BCUT2D eigenvalue weighted by atomic mass is 10.0. The Morgan fingerprint density at radius 3 is 2.02 bits per heavy atom. The zero-order chi connectivity index (χ0) is 28.2. The average molecular weight is 562 g/mol. The molecule has 0 spiro atoms. The second-order valence-corrected chi connectivity index (χ2v) is 11.5. The lowest BCUT2D eigenvalue weighted by Gasteiger charge is -2.29. The molecule has 1 aliphatic rings. The van der Waals surface area contributed by atoms with E-state index in [4.69, 9.17) is 4.74 Å². The van der Waals surface area contributed by atoms with Crippen molar-refractivity contribution in [1.82, 2.24) is 15.5 Å². The molecule has 40 heavy (non-hydrogen) atoms. The first-order chi connectivity index (χ1) is 19.4. The number of aryl methyl sites for hydroxylation is 1. The lowest BCUT2D eigenvalue weighted by molar-refractivity contribution is -0.123. The Bertz CT molecular complexity index is 1360. The van der Waals surface area contributed by atoms with E-state index in [2.05, 4.69) is 10.6 Å². The number of hydrogen-bond acceptors (Lipinski definition) is 5. The first kappa shape index (κ1) is 29.0. The summed E-state index contributed by atoms with van der Waals surface area (Å²) >= 11 is 0. The third-order valence-electron chi connectivity index (χ3n) is 6.67. The van der Waals surface area contributed by atoms with Crippen molar-refractivity contribution in [3.05, 3.63) is 114 Å². The summed E-state index contributed by atoms with van der Waals surface area (Å²) in [6, 6.07) is 25.7. The predicted octanol–water partition coefficient (Wildman–Crippen LogP) is 3.74. The van der Waals surface area contributed by atoms with Crippen molar-refractivity contribution in [2.24, 2.45) is 0 Å². The first-order valence-electron chi connectivity index (χ1n) is 13.4. The monoisotopic (exact) mass is 561 g/mol. The van der Waals surface area contributed by atoms with Gasteiger partial charge in [-0.2, -0.15) is 0 Å². The SMILES string of the molecule is O=C(N[C@@H](C=CS(=O)(=O)c1ccccc1)CCc1ccccc1)[C@H](Cc1ccccc1)NC(=O)N1CCOCC1.